The predicted octanol–water partition coefficient (Wildman–Crippen LogP) is 8.19. The molecule has 0 radical (unpaired) electrons. The lowest BCUT2D eigenvalue weighted by Gasteiger charge is -2.28. The number of halogens is 3. The predicted molar refractivity (Wildman–Crippen MR) is 150 cm³/mol. The number of rotatable bonds is 12. The molecule has 0 spiro atoms. The summed E-state index contributed by atoms with van der Waals surface area (Å²) in [6.07, 6.45) is -1.62. The van der Waals surface area contributed by atoms with Gasteiger partial charge in [0, 0.05) is 23.2 Å². The van der Waals surface area contributed by atoms with Gasteiger partial charge in [0.05, 0.1) is 24.2 Å². The molecule has 0 bridgehead atoms. The first kappa shape index (κ1) is 29.8. The highest BCUT2D eigenvalue weighted by Crippen LogP contribution is 2.37. The van der Waals surface area contributed by atoms with E-state index in [0.29, 0.717) is 12.4 Å². The summed E-state index contributed by atoms with van der Waals surface area (Å²) in [6.45, 7) is 4.40. The number of urea groups is 1. The molecule has 4 aromatic rings. The fourth-order valence-electron chi connectivity index (χ4n) is 3.75. The molecule has 0 atom stereocenters. The number of hydrogen-bond donors (Lipinski definition) is 2. The quantitative estimate of drug-likeness (QED) is 0.161. The third-order valence-electron chi connectivity index (χ3n) is 5.62. The molecule has 2 amide bonds. The number of amides is 2. The van der Waals surface area contributed by atoms with Gasteiger partial charge in [-0.15, -0.1) is 13.2 Å². The number of para-hydroxylation sites is 1. The van der Waals surface area contributed by atoms with Crippen LogP contribution in [0.25, 0.3) is 0 Å². The number of hydrogen-bond acceptors (Lipinski definition) is 7. The molecule has 0 saturated heterocycles. The maximum Gasteiger partial charge on any atom is 0.573 e. The summed E-state index contributed by atoms with van der Waals surface area (Å²) in [5, 5.41) is 5.21. The number of ether oxygens (including phenoxy) is 3. The van der Waals surface area contributed by atoms with Crippen molar-refractivity contribution in [2.45, 2.75) is 31.6 Å². The van der Waals surface area contributed by atoms with E-state index >= 15 is 0 Å². The lowest BCUT2D eigenvalue weighted by atomic mass is 9.97. The molecule has 0 aliphatic carbocycles. The Balaban J connectivity index is 1.37. The molecular weight excluding hydrogens is 559 g/mol. The van der Waals surface area contributed by atoms with Crippen molar-refractivity contribution >= 4 is 29.2 Å². The van der Waals surface area contributed by atoms with Crippen LogP contribution in [0.15, 0.2) is 89.7 Å². The summed E-state index contributed by atoms with van der Waals surface area (Å²) in [6, 6.07) is 18.6. The Bertz CT molecular complexity index is 1410. The first-order chi connectivity index (χ1) is 19.6. The van der Waals surface area contributed by atoms with Crippen LogP contribution >= 0.6 is 11.8 Å². The zero-order valence-corrected chi connectivity index (χ0v) is 23.1. The second-order valence-electron chi connectivity index (χ2n) is 9.10. The minimum Gasteiger partial charge on any atom is -0.468 e. The number of pyridine rings is 1. The minimum atomic E-state index is -4.80. The molecular formula is C29H28F3N3O5S. The van der Waals surface area contributed by atoms with Gasteiger partial charge in [-0.05, 0) is 68.4 Å². The summed E-state index contributed by atoms with van der Waals surface area (Å²) in [7, 11) is 0. The maximum atomic E-state index is 12.6. The molecule has 41 heavy (non-hydrogen) atoms. The highest BCUT2D eigenvalue weighted by molar-refractivity contribution is 7.98. The van der Waals surface area contributed by atoms with Crippen LogP contribution in [0.2, 0.25) is 0 Å². The number of nitrogens with one attached hydrogen (secondary N) is 2. The minimum absolute atomic E-state index is 0.147. The van der Waals surface area contributed by atoms with E-state index in [1.165, 1.54) is 18.3 Å². The smallest absolute Gasteiger partial charge is 0.468 e. The monoisotopic (exact) mass is 587 g/mol. The van der Waals surface area contributed by atoms with Gasteiger partial charge in [-0.2, -0.15) is 11.8 Å². The van der Waals surface area contributed by atoms with Gasteiger partial charge in [0.25, 0.3) is 0 Å². The third-order valence-corrected chi connectivity index (χ3v) is 6.57. The molecule has 2 aromatic heterocycles. The number of carbonyl (C=O) groups is 1. The molecule has 0 aliphatic heterocycles. The van der Waals surface area contributed by atoms with Gasteiger partial charge < -0.3 is 29.3 Å². The van der Waals surface area contributed by atoms with Gasteiger partial charge in [-0.1, -0.05) is 18.2 Å². The van der Waals surface area contributed by atoms with Gasteiger partial charge in [0.2, 0.25) is 5.88 Å². The zero-order chi connectivity index (χ0) is 29.3. The molecule has 8 nitrogen and oxygen atoms in total. The second-order valence-corrected chi connectivity index (χ2v) is 10.2. The molecule has 0 unspecified atom stereocenters. The average molecular weight is 588 g/mol. The normalized spacial score (nSPS) is 11.6. The number of alkyl halides is 3. The largest absolute Gasteiger partial charge is 0.573 e. The summed E-state index contributed by atoms with van der Waals surface area (Å²) in [5.74, 6) is 2.70. The van der Waals surface area contributed by atoms with Crippen LogP contribution in [-0.4, -0.2) is 29.7 Å². The number of nitrogens with zero attached hydrogens (tertiary/aromatic N) is 1. The van der Waals surface area contributed by atoms with Crippen LogP contribution in [0.4, 0.5) is 29.3 Å². The third kappa shape index (κ3) is 9.19. The van der Waals surface area contributed by atoms with Crippen molar-refractivity contribution in [3.63, 3.8) is 0 Å². The molecule has 2 heterocycles. The van der Waals surface area contributed by atoms with Crippen molar-refractivity contribution in [1.82, 2.24) is 4.98 Å². The highest BCUT2D eigenvalue weighted by Gasteiger charge is 2.31. The van der Waals surface area contributed by atoms with E-state index < -0.39 is 23.7 Å². The number of anilines is 2. The van der Waals surface area contributed by atoms with Crippen molar-refractivity contribution in [3.05, 3.63) is 96.6 Å². The molecule has 0 aliphatic rings. The zero-order valence-electron chi connectivity index (χ0n) is 22.2. The average Bonchev–Trinajstić information content (AvgIpc) is 3.44. The lowest BCUT2D eigenvalue weighted by molar-refractivity contribution is -0.274. The SMILES string of the molecule is CC(C)(OCCSCc1ccco1)c1ccccc1Oc1ncccc1NC(=O)Nc1ccc(OC(F)(F)F)cc1. The Morgan fingerprint density at radius 2 is 1.76 bits per heavy atom. The number of thioether (sulfide) groups is 1. The van der Waals surface area contributed by atoms with Crippen molar-refractivity contribution < 1.29 is 36.6 Å². The van der Waals surface area contributed by atoms with E-state index in [1.807, 2.05) is 44.2 Å². The molecule has 0 saturated carbocycles. The number of furan rings is 1. The molecule has 216 valence electrons. The van der Waals surface area contributed by atoms with Crippen molar-refractivity contribution in [1.29, 1.82) is 0 Å². The molecule has 2 N–H and O–H groups in total. The molecule has 12 heteroatoms. The lowest BCUT2D eigenvalue weighted by Crippen LogP contribution is -2.24. The van der Waals surface area contributed by atoms with Crippen molar-refractivity contribution in [2.24, 2.45) is 0 Å². The van der Waals surface area contributed by atoms with Gasteiger partial charge in [-0.3, -0.25) is 0 Å². The van der Waals surface area contributed by atoms with E-state index in [2.05, 4.69) is 20.4 Å². The number of carbonyl (C=O) groups excluding carboxylic acids is 1. The Morgan fingerprint density at radius 3 is 2.49 bits per heavy atom. The van der Waals surface area contributed by atoms with Gasteiger partial charge in [0.15, 0.2) is 0 Å². The summed E-state index contributed by atoms with van der Waals surface area (Å²) >= 11 is 1.71. The van der Waals surface area contributed by atoms with Crippen LogP contribution in [-0.2, 0) is 16.1 Å². The Hall–Kier alpha value is -4.16. The van der Waals surface area contributed by atoms with E-state index in [1.54, 1.807) is 36.2 Å². The first-order valence-corrected chi connectivity index (χ1v) is 13.6. The second kappa shape index (κ2) is 13.5. The Labute approximate surface area is 239 Å². The highest BCUT2D eigenvalue weighted by atomic mass is 32.2. The van der Waals surface area contributed by atoms with Gasteiger partial charge >= 0.3 is 12.4 Å². The molecule has 0 fully saturated rings. The van der Waals surface area contributed by atoms with Gasteiger partial charge in [-0.25, -0.2) is 9.78 Å². The van der Waals surface area contributed by atoms with Crippen molar-refractivity contribution in [2.75, 3.05) is 23.0 Å². The summed E-state index contributed by atoms with van der Waals surface area (Å²) in [5.41, 5.74) is 0.641. The summed E-state index contributed by atoms with van der Waals surface area (Å²) < 4.78 is 58.7. The first-order valence-electron chi connectivity index (χ1n) is 12.5. The van der Waals surface area contributed by atoms with Crippen LogP contribution in [0.5, 0.6) is 17.4 Å². The number of aromatic nitrogens is 1. The van der Waals surface area contributed by atoms with Crippen LogP contribution in [0.3, 0.4) is 0 Å². The van der Waals surface area contributed by atoms with E-state index in [4.69, 9.17) is 13.9 Å². The fraction of sp³-hybridized carbons (Fsp3) is 0.241. The topological polar surface area (TPSA) is 94.9 Å². The van der Waals surface area contributed by atoms with Crippen molar-refractivity contribution in [3.8, 4) is 17.4 Å². The Kier molecular flexibility index (Phi) is 9.79. The Morgan fingerprint density at radius 1 is 0.976 bits per heavy atom. The van der Waals surface area contributed by atoms with Crippen LogP contribution in [0.1, 0.15) is 25.2 Å². The van der Waals surface area contributed by atoms with Crippen LogP contribution < -0.4 is 20.1 Å². The van der Waals surface area contributed by atoms with Crippen LogP contribution in [0, 0.1) is 0 Å². The number of benzene rings is 2. The summed E-state index contributed by atoms with van der Waals surface area (Å²) in [4.78, 5) is 16.9. The van der Waals surface area contributed by atoms with Gasteiger partial charge in [0.1, 0.15) is 22.9 Å². The van der Waals surface area contributed by atoms with E-state index in [0.717, 1.165) is 35.0 Å². The molecule has 2 aromatic carbocycles. The standard InChI is InChI=1S/C29H28F3N3O5S/c1-28(2,38-17-18-41-19-22-7-6-16-37-22)23-8-3-4-10-25(23)39-26-24(9-5-15-33-26)35-27(36)34-20-11-13-21(14-12-20)40-29(30,31)32/h3-16H,17-19H2,1-2H3,(H2,34,35,36). The van der Waals surface area contributed by atoms with E-state index in [9.17, 15) is 18.0 Å². The van der Waals surface area contributed by atoms with E-state index in [-0.39, 0.29) is 17.3 Å². The molecule has 4 rings (SSSR count). The maximum absolute atomic E-state index is 12.6. The fourth-order valence-corrected chi connectivity index (χ4v) is 4.46.